The molecule has 0 saturated carbocycles. The van der Waals surface area contributed by atoms with Gasteiger partial charge in [-0.25, -0.2) is 9.98 Å². The van der Waals surface area contributed by atoms with Crippen LogP contribution in [0.4, 0.5) is 5.69 Å². The van der Waals surface area contributed by atoms with E-state index < -0.39 is 0 Å². The van der Waals surface area contributed by atoms with Crippen LogP contribution < -0.4 is 16.0 Å². The average molecular weight is 485 g/mol. The third kappa shape index (κ3) is 7.58. The maximum atomic E-state index is 12.1. The average Bonchev–Trinajstić information content (AvgIpc) is 2.95. The normalized spacial score (nSPS) is 10.9. The van der Waals surface area contributed by atoms with Gasteiger partial charge in [-0.3, -0.25) is 4.79 Å². The van der Waals surface area contributed by atoms with E-state index in [1.807, 2.05) is 45.0 Å². The number of carbonyl (C=O) groups excluding carboxylic acids is 1. The van der Waals surface area contributed by atoms with Gasteiger partial charge in [0.1, 0.15) is 12.3 Å². The summed E-state index contributed by atoms with van der Waals surface area (Å²) in [6.45, 7) is 8.94. The number of carbonyl (C=O) groups is 1. The molecule has 0 radical (unpaired) electrons. The van der Waals surface area contributed by atoms with Crippen molar-refractivity contribution in [1.82, 2.24) is 15.6 Å². The number of aryl methyl sites for hydroxylation is 3. The van der Waals surface area contributed by atoms with Crippen LogP contribution in [0.1, 0.15) is 36.8 Å². The molecule has 0 aliphatic heterocycles. The smallest absolute Gasteiger partial charge is 0.246 e. The number of halogens is 1. The van der Waals surface area contributed by atoms with E-state index in [-0.39, 0.29) is 36.4 Å². The molecule has 0 unspecified atom stereocenters. The predicted molar refractivity (Wildman–Crippen MR) is 119 cm³/mol. The molecule has 3 N–H and O–H groups in total. The summed E-state index contributed by atoms with van der Waals surface area (Å²) in [5, 5.41) is 9.09. The summed E-state index contributed by atoms with van der Waals surface area (Å²) >= 11 is 0. The van der Waals surface area contributed by atoms with Crippen molar-refractivity contribution in [2.24, 2.45) is 4.99 Å². The number of rotatable bonds is 7. The summed E-state index contributed by atoms with van der Waals surface area (Å²) < 4.78 is 5.53. The lowest BCUT2D eigenvalue weighted by atomic mass is 10.1. The summed E-state index contributed by atoms with van der Waals surface area (Å²) in [6.07, 6.45) is 0.927. The Morgan fingerprint density at radius 2 is 2.00 bits per heavy atom. The molecular formula is C19H28IN5O2. The molecular weight excluding hydrogens is 457 g/mol. The zero-order chi connectivity index (χ0) is 18.9. The Morgan fingerprint density at radius 1 is 1.22 bits per heavy atom. The van der Waals surface area contributed by atoms with Gasteiger partial charge in [0, 0.05) is 12.2 Å². The van der Waals surface area contributed by atoms with Gasteiger partial charge in [-0.05, 0) is 44.9 Å². The van der Waals surface area contributed by atoms with Crippen molar-refractivity contribution in [3.63, 3.8) is 0 Å². The van der Waals surface area contributed by atoms with Crippen molar-refractivity contribution in [2.45, 2.75) is 40.7 Å². The lowest BCUT2D eigenvalue weighted by molar-refractivity contribution is -0.114. The second-order valence-corrected chi connectivity index (χ2v) is 5.90. The lowest BCUT2D eigenvalue weighted by Crippen LogP contribution is -2.37. The fraction of sp³-hybridized carbons (Fsp3) is 0.421. The molecule has 0 fully saturated rings. The second-order valence-electron chi connectivity index (χ2n) is 5.90. The third-order valence-corrected chi connectivity index (χ3v) is 3.82. The number of hydrogen-bond acceptors (Lipinski definition) is 4. The van der Waals surface area contributed by atoms with Crippen molar-refractivity contribution >= 4 is 41.5 Å². The van der Waals surface area contributed by atoms with E-state index in [1.165, 1.54) is 5.56 Å². The quantitative estimate of drug-likeness (QED) is 0.319. The minimum Gasteiger partial charge on any atom is -0.444 e. The third-order valence-electron chi connectivity index (χ3n) is 3.82. The highest BCUT2D eigenvalue weighted by atomic mass is 127. The Morgan fingerprint density at radius 3 is 2.63 bits per heavy atom. The molecule has 148 valence electrons. The SMILES string of the molecule is CCNC(=NCC(=O)Nc1cccc(CC)c1)NCc1nc(C)c(C)o1.I. The van der Waals surface area contributed by atoms with E-state index >= 15 is 0 Å². The van der Waals surface area contributed by atoms with Gasteiger partial charge in [0.05, 0.1) is 12.2 Å². The topological polar surface area (TPSA) is 91.5 Å². The Balaban J connectivity index is 0.00000364. The van der Waals surface area contributed by atoms with E-state index in [1.54, 1.807) is 0 Å². The fourth-order valence-electron chi connectivity index (χ4n) is 2.34. The molecule has 0 saturated heterocycles. The van der Waals surface area contributed by atoms with Crippen LogP contribution in [0.2, 0.25) is 0 Å². The number of oxazole rings is 1. The van der Waals surface area contributed by atoms with Gasteiger partial charge >= 0.3 is 0 Å². The number of nitrogens with zero attached hydrogens (tertiary/aromatic N) is 2. The van der Waals surface area contributed by atoms with Gasteiger partial charge in [0.2, 0.25) is 11.8 Å². The molecule has 7 nitrogen and oxygen atoms in total. The molecule has 8 heteroatoms. The Labute approximate surface area is 177 Å². The molecule has 1 aromatic heterocycles. The predicted octanol–water partition coefficient (Wildman–Crippen LogP) is 3.17. The molecule has 2 rings (SSSR count). The summed E-state index contributed by atoms with van der Waals surface area (Å²) in [5.41, 5.74) is 2.84. The van der Waals surface area contributed by atoms with Gasteiger partial charge in [-0.1, -0.05) is 19.1 Å². The fourth-order valence-corrected chi connectivity index (χ4v) is 2.34. The highest BCUT2D eigenvalue weighted by Gasteiger charge is 2.07. The van der Waals surface area contributed by atoms with Crippen LogP contribution >= 0.6 is 24.0 Å². The zero-order valence-corrected chi connectivity index (χ0v) is 18.6. The Bertz CT molecular complexity index is 754. The first-order valence-electron chi connectivity index (χ1n) is 8.85. The van der Waals surface area contributed by atoms with E-state index in [2.05, 4.69) is 32.9 Å². The maximum absolute atomic E-state index is 12.1. The van der Waals surface area contributed by atoms with E-state index in [4.69, 9.17) is 4.42 Å². The van der Waals surface area contributed by atoms with Crippen LogP contribution in [0, 0.1) is 13.8 Å². The first kappa shape index (κ1) is 22.9. The molecule has 0 aliphatic carbocycles. The number of amides is 1. The number of benzene rings is 1. The summed E-state index contributed by atoms with van der Waals surface area (Å²) in [6, 6.07) is 7.81. The summed E-state index contributed by atoms with van der Waals surface area (Å²) in [7, 11) is 0. The second kappa shape index (κ2) is 11.6. The van der Waals surface area contributed by atoms with Crippen LogP contribution in [0.15, 0.2) is 33.7 Å². The van der Waals surface area contributed by atoms with Gasteiger partial charge in [-0.15, -0.1) is 24.0 Å². The molecule has 27 heavy (non-hydrogen) atoms. The highest BCUT2D eigenvalue weighted by Crippen LogP contribution is 2.11. The van der Waals surface area contributed by atoms with Gasteiger partial charge < -0.3 is 20.4 Å². The van der Waals surface area contributed by atoms with Crippen molar-refractivity contribution in [2.75, 3.05) is 18.4 Å². The number of aliphatic imine (C=N–C) groups is 1. The monoisotopic (exact) mass is 485 g/mol. The summed E-state index contributed by atoms with van der Waals surface area (Å²) in [4.78, 5) is 20.8. The van der Waals surface area contributed by atoms with Crippen LogP contribution in [0.5, 0.6) is 0 Å². The number of aromatic nitrogens is 1. The van der Waals surface area contributed by atoms with E-state index in [0.29, 0.717) is 24.9 Å². The van der Waals surface area contributed by atoms with Gasteiger partial charge in [0.25, 0.3) is 0 Å². The van der Waals surface area contributed by atoms with Gasteiger partial charge in [0.15, 0.2) is 5.96 Å². The van der Waals surface area contributed by atoms with Crippen LogP contribution in [0.25, 0.3) is 0 Å². The van der Waals surface area contributed by atoms with Crippen molar-refractivity contribution in [3.8, 4) is 0 Å². The molecule has 0 atom stereocenters. The van der Waals surface area contributed by atoms with Crippen LogP contribution in [0.3, 0.4) is 0 Å². The molecule has 0 spiro atoms. The van der Waals surface area contributed by atoms with Crippen molar-refractivity contribution < 1.29 is 9.21 Å². The minimum absolute atomic E-state index is 0. The standard InChI is InChI=1S/C19H27N5O2.HI/c1-5-15-8-7-9-16(10-15)24-17(25)11-21-19(20-6-2)22-12-18-23-13(3)14(4)26-18;/h7-10H,5-6,11-12H2,1-4H3,(H,24,25)(H2,20,21,22);1H. The minimum atomic E-state index is -0.168. The van der Waals surface area contributed by atoms with Crippen LogP contribution in [-0.4, -0.2) is 29.9 Å². The molecule has 0 bridgehead atoms. The maximum Gasteiger partial charge on any atom is 0.246 e. The number of nitrogens with one attached hydrogen (secondary N) is 3. The molecule has 1 heterocycles. The van der Waals surface area contributed by atoms with Crippen molar-refractivity contribution in [1.29, 1.82) is 0 Å². The first-order chi connectivity index (χ1) is 12.5. The lowest BCUT2D eigenvalue weighted by Gasteiger charge is -2.10. The van der Waals surface area contributed by atoms with Crippen molar-refractivity contribution in [3.05, 3.63) is 47.2 Å². The van der Waals surface area contributed by atoms with E-state index in [9.17, 15) is 4.79 Å². The molecule has 1 amide bonds. The van der Waals surface area contributed by atoms with E-state index in [0.717, 1.165) is 23.6 Å². The summed E-state index contributed by atoms with van der Waals surface area (Å²) in [5.74, 6) is 1.76. The molecule has 1 aromatic carbocycles. The number of hydrogen-bond donors (Lipinski definition) is 3. The zero-order valence-electron chi connectivity index (χ0n) is 16.3. The number of anilines is 1. The largest absolute Gasteiger partial charge is 0.444 e. The Hall–Kier alpha value is -2.10. The highest BCUT2D eigenvalue weighted by molar-refractivity contribution is 14.0. The number of guanidine groups is 1. The van der Waals surface area contributed by atoms with Gasteiger partial charge in [-0.2, -0.15) is 0 Å². The molecule has 0 aliphatic rings. The molecule has 2 aromatic rings. The Kier molecular flexibility index (Phi) is 9.84. The first-order valence-corrected chi connectivity index (χ1v) is 8.85. The van der Waals surface area contributed by atoms with Crippen LogP contribution in [-0.2, 0) is 17.8 Å².